The number of rotatable bonds is 5. The first-order valence-electron chi connectivity index (χ1n) is 9.06. The number of likely N-dealkylation sites (N-methyl/N-ethyl adjacent to an activating group) is 1. The number of carbonyl (C=O) groups excluding carboxylic acids is 1. The Balaban J connectivity index is 1.59. The Bertz CT molecular complexity index is 946. The van der Waals surface area contributed by atoms with Crippen LogP contribution in [-0.4, -0.2) is 38.1 Å². The molecule has 0 radical (unpaired) electrons. The first kappa shape index (κ1) is 17.5. The van der Waals surface area contributed by atoms with Gasteiger partial charge in [-0.2, -0.15) is 0 Å². The van der Waals surface area contributed by atoms with Crippen molar-refractivity contribution in [2.24, 2.45) is 0 Å². The van der Waals surface area contributed by atoms with Crippen molar-refractivity contribution in [1.29, 1.82) is 0 Å². The lowest BCUT2D eigenvalue weighted by Crippen LogP contribution is -2.22. The quantitative estimate of drug-likeness (QED) is 0.800. The zero-order chi connectivity index (χ0) is 18.8. The molecule has 2 N–H and O–H groups in total. The largest absolute Gasteiger partial charge is 0.383 e. The molecule has 0 atom stereocenters. The lowest BCUT2D eigenvalue weighted by Gasteiger charge is -2.20. The number of nitrogens with zero attached hydrogens (tertiary/aromatic N) is 1. The molecule has 0 fully saturated rings. The van der Waals surface area contributed by atoms with Crippen LogP contribution in [0.3, 0.4) is 0 Å². The van der Waals surface area contributed by atoms with Crippen LogP contribution in [0.1, 0.15) is 16.7 Å². The maximum atomic E-state index is 12.4. The molecule has 2 aromatic carbocycles. The van der Waals surface area contributed by atoms with E-state index in [9.17, 15) is 4.79 Å². The number of hydrogen-bond donors (Lipinski definition) is 2. The Hall–Kier alpha value is -2.89. The zero-order valence-corrected chi connectivity index (χ0v) is 15.6. The van der Waals surface area contributed by atoms with Crippen molar-refractivity contribution in [2.75, 3.05) is 37.9 Å². The summed E-state index contributed by atoms with van der Waals surface area (Å²) in [4.78, 5) is 14.7. The van der Waals surface area contributed by atoms with Crippen LogP contribution < -0.4 is 10.6 Å². The van der Waals surface area contributed by atoms with E-state index in [2.05, 4.69) is 46.9 Å². The first-order chi connectivity index (χ1) is 13.2. The van der Waals surface area contributed by atoms with E-state index in [-0.39, 0.29) is 5.91 Å². The molecule has 0 aliphatic carbocycles. The highest BCUT2D eigenvalue weighted by atomic mass is 16.5. The van der Waals surface area contributed by atoms with Crippen LogP contribution in [-0.2, 0) is 16.1 Å². The molecule has 138 valence electrons. The number of anilines is 2. The summed E-state index contributed by atoms with van der Waals surface area (Å²) in [5, 5.41) is 6.35. The lowest BCUT2D eigenvalue weighted by molar-refractivity contribution is -0.110. The van der Waals surface area contributed by atoms with Crippen LogP contribution in [0.15, 0.2) is 54.2 Å². The van der Waals surface area contributed by atoms with E-state index >= 15 is 0 Å². The van der Waals surface area contributed by atoms with Crippen LogP contribution in [0.4, 0.5) is 11.4 Å². The van der Waals surface area contributed by atoms with Crippen molar-refractivity contribution in [2.45, 2.75) is 6.54 Å². The van der Waals surface area contributed by atoms with Crippen molar-refractivity contribution in [1.82, 2.24) is 4.90 Å². The highest BCUT2D eigenvalue weighted by Gasteiger charge is 2.27. The molecule has 0 saturated heterocycles. The van der Waals surface area contributed by atoms with Gasteiger partial charge >= 0.3 is 0 Å². The van der Waals surface area contributed by atoms with E-state index in [1.54, 1.807) is 7.11 Å². The Labute approximate surface area is 159 Å². The molecule has 0 bridgehead atoms. The molecule has 1 amide bonds. The van der Waals surface area contributed by atoms with E-state index in [1.165, 1.54) is 5.56 Å². The van der Waals surface area contributed by atoms with Gasteiger partial charge in [-0.05, 0) is 42.4 Å². The summed E-state index contributed by atoms with van der Waals surface area (Å²) in [6.45, 7) is 2.49. The topological polar surface area (TPSA) is 53.6 Å². The van der Waals surface area contributed by atoms with Crippen molar-refractivity contribution < 1.29 is 9.53 Å². The Morgan fingerprint density at radius 2 is 1.89 bits per heavy atom. The van der Waals surface area contributed by atoms with Gasteiger partial charge in [-0.3, -0.25) is 9.69 Å². The number of benzene rings is 2. The monoisotopic (exact) mass is 361 g/mol. The standard InChI is InChI=1S/C22H23N3O2/c1-25(11-12-27-2)14-15-7-9-18-16(13-15)8-10-20(23-18)21-17-5-3-4-6-19(17)24-22(21)26/h3-10,13,23H,11-12,14H2,1-2H3,(H,24,26). The number of fused-ring (bicyclic) bond motifs is 2. The molecule has 0 aromatic heterocycles. The molecule has 2 heterocycles. The minimum absolute atomic E-state index is 0.0665. The minimum atomic E-state index is -0.0665. The molecule has 0 unspecified atom stereocenters. The van der Waals surface area contributed by atoms with Crippen molar-refractivity contribution >= 4 is 28.9 Å². The average molecular weight is 361 g/mol. The van der Waals surface area contributed by atoms with Crippen molar-refractivity contribution in [3.05, 3.63) is 70.9 Å². The fourth-order valence-corrected chi connectivity index (χ4v) is 3.49. The van der Waals surface area contributed by atoms with Gasteiger partial charge in [0.25, 0.3) is 5.91 Å². The van der Waals surface area contributed by atoms with Gasteiger partial charge in [-0.15, -0.1) is 0 Å². The molecule has 5 nitrogen and oxygen atoms in total. The molecule has 0 saturated carbocycles. The van der Waals surface area contributed by atoms with Gasteiger partial charge in [-0.25, -0.2) is 0 Å². The van der Waals surface area contributed by atoms with E-state index in [4.69, 9.17) is 4.74 Å². The number of methoxy groups -OCH3 is 1. The second-order valence-electron chi connectivity index (χ2n) is 6.90. The number of ether oxygens (including phenoxy) is 1. The van der Waals surface area contributed by atoms with Crippen molar-refractivity contribution in [3.63, 3.8) is 0 Å². The lowest BCUT2D eigenvalue weighted by atomic mass is 9.99. The fourth-order valence-electron chi connectivity index (χ4n) is 3.49. The summed E-state index contributed by atoms with van der Waals surface area (Å²) in [6.07, 6.45) is 4.05. The molecular weight excluding hydrogens is 338 g/mol. The molecule has 4 rings (SSSR count). The highest BCUT2D eigenvalue weighted by Crippen LogP contribution is 2.36. The molecule has 2 aliphatic rings. The summed E-state index contributed by atoms with van der Waals surface area (Å²) in [5.41, 5.74) is 6.71. The molecule has 2 aromatic rings. The Kier molecular flexibility index (Phi) is 4.79. The Morgan fingerprint density at radius 1 is 1.04 bits per heavy atom. The second-order valence-corrected chi connectivity index (χ2v) is 6.90. The number of para-hydroxylation sites is 1. The summed E-state index contributed by atoms with van der Waals surface area (Å²) >= 11 is 0. The van der Waals surface area contributed by atoms with E-state index in [0.29, 0.717) is 5.57 Å². The van der Waals surface area contributed by atoms with Gasteiger partial charge in [0.15, 0.2) is 0 Å². The van der Waals surface area contributed by atoms with Gasteiger partial charge in [0, 0.05) is 37.1 Å². The summed E-state index contributed by atoms with van der Waals surface area (Å²) in [6, 6.07) is 14.2. The van der Waals surface area contributed by atoms with Gasteiger partial charge in [0.05, 0.1) is 17.9 Å². The maximum absolute atomic E-state index is 12.4. The van der Waals surface area contributed by atoms with Crippen LogP contribution in [0.2, 0.25) is 0 Å². The molecular formula is C22H23N3O2. The molecule has 0 spiro atoms. The first-order valence-corrected chi connectivity index (χ1v) is 9.06. The second kappa shape index (κ2) is 7.39. The number of amides is 1. The van der Waals surface area contributed by atoms with E-state index in [0.717, 1.165) is 47.9 Å². The summed E-state index contributed by atoms with van der Waals surface area (Å²) < 4.78 is 5.13. The van der Waals surface area contributed by atoms with E-state index < -0.39 is 0 Å². The Morgan fingerprint density at radius 3 is 2.74 bits per heavy atom. The van der Waals surface area contributed by atoms with Gasteiger partial charge < -0.3 is 15.4 Å². The zero-order valence-electron chi connectivity index (χ0n) is 15.6. The number of allylic oxidation sites excluding steroid dienone is 1. The normalized spacial score (nSPS) is 17.5. The number of nitrogens with one attached hydrogen (secondary N) is 2. The predicted octanol–water partition coefficient (Wildman–Crippen LogP) is 3.57. The van der Waals surface area contributed by atoms with Gasteiger partial charge in [-0.1, -0.05) is 30.3 Å². The van der Waals surface area contributed by atoms with Gasteiger partial charge in [0.2, 0.25) is 0 Å². The number of carbonyl (C=O) groups is 1. The maximum Gasteiger partial charge on any atom is 0.258 e. The van der Waals surface area contributed by atoms with Gasteiger partial charge in [0.1, 0.15) is 0 Å². The number of hydrogen-bond acceptors (Lipinski definition) is 4. The predicted molar refractivity (Wildman–Crippen MR) is 109 cm³/mol. The highest BCUT2D eigenvalue weighted by molar-refractivity contribution is 6.33. The molecule has 5 heteroatoms. The van der Waals surface area contributed by atoms with Crippen molar-refractivity contribution in [3.8, 4) is 0 Å². The SMILES string of the molecule is COCCN(C)Cc1ccc2c(c1)C=CC(=C1C(=O)Nc3ccccc31)N2. The third kappa shape index (κ3) is 3.52. The molecule has 2 aliphatic heterocycles. The average Bonchev–Trinajstić information content (AvgIpc) is 3.01. The van der Waals surface area contributed by atoms with Crippen LogP contribution in [0.5, 0.6) is 0 Å². The smallest absolute Gasteiger partial charge is 0.258 e. The van der Waals surface area contributed by atoms with E-state index in [1.807, 2.05) is 30.3 Å². The third-order valence-corrected chi connectivity index (χ3v) is 4.89. The van der Waals surface area contributed by atoms with Crippen LogP contribution in [0, 0.1) is 0 Å². The summed E-state index contributed by atoms with van der Waals surface area (Å²) in [7, 11) is 3.81. The fraction of sp³-hybridized carbons (Fsp3) is 0.227. The minimum Gasteiger partial charge on any atom is -0.383 e. The molecule has 27 heavy (non-hydrogen) atoms. The van der Waals surface area contributed by atoms with Crippen LogP contribution in [0.25, 0.3) is 11.6 Å². The summed E-state index contributed by atoms with van der Waals surface area (Å²) in [5.74, 6) is -0.0665. The third-order valence-electron chi connectivity index (χ3n) is 4.89. The van der Waals surface area contributed by atoms with Crippen LogP contribution >= 0.6 is 0 Å².